The molecule has 0 aromatic heterocycles. The number of carbonyl (C=O) groups is 1. The lowest BCUT2D eigenvalue weighted by Gasteiger charge is -2.00. The summed E-state index contributed by atoms with van der Waals surface area (Å²) in [5, 5.41) is 0. The Balaban J connectivity index is 2.87. The zero-order valence-electron chi connectivity index (χ0n) is 8.41. The molecule has 0 spiro atoms. The molecule has 16 heavy (non-hydrogen) atoms. The number of esters is 1. The van der Waals surface area contributed by atoms with Crippen LogP contribution in [0.25, 0.3) is 6.08 Å². The summed E-state index contributed by atoms with van der Waals surface area (Å²) in [4.78, 5) is 11.0. The van der Waals surface area contributed by atoms with Gasteiger partial charge in [0.1, 0.15) is 0 Å². The molecule has 0 radical (unpaired) electrons. The van der Waals surface area contributed by atoms with Crippen LogP contribution in [0.3, 0.4) is 0 Å². The van der Waals surface area contributed by atoms with Gasteiger partial charge in [0, 0.05) is 0 Å². The molecule has 0 atom stereocenters. The molecule has 0 fully saturated rings. The topological polar surface area (TPSA) is 26.3 Å². The van der Waals surface area contributed by atoms with E-state index < -0.39 is 18.2 Å². The fourth-order valence-electron chi connectivity index (χ4n) is 1.06. The Hall–Kier alpha value is -1.78. The van der Waals surface area contributed by atoms with Gasteiger partial charge in [0.15, 0.2) is 5.83 Å². The largest absolute Gasteiger partial charge is 0.465 e. The lowest BCUT2D eigenvalue weighted by atomic mass is 10.1. The summed E-state index contributed by atoms with van der Waals surface area (Å²) < 4.78 is 40.7. The van der Waals surface area contributed by atoms with E-state index in [1.807, 2.05) is 0 Å². The number of halogens is 3. The Morgan fingerprint density at radius 3 is 2.31 bits per heavy atom. The molecule has 5 heteroatoms. The van der Waals surface area contributed by atoms with E-state index >= 15 is 0 Å². The molecule has 1 aromatic carbocycles. The molecule has 2 nitrogen and oxygen atoms in total. The maximum absolute atomic E-state index is 12.6. The molecule has 0 heterocycles. The van der Waals surface area contributed by atoms with Crippen LogP contribution in [0.5, 0.6) is 0 Å². The van der Waals surface area contributed by atoms with Crippen molar-refractivity contribution in [2.75, 3.05) is 7.11 Å². The van der Waals surface area contributed by atoms with E-state index in [-0.39, 0.29) is 11.1 Å². The van der Waals surface area contributed by atoms with Crippen molar-refractivity contribution in [1.82, 2.24) is 0 Å². The normalized spacial score (nSPS) is 11.7. The van der Waals surface area contributed by atoms with Gasteiger partial charge in [-0.15, -0.1) is 0 Å². The lowest BCUT2D eigenvalue weighted by molar-refractivity contribution is 0.0600. The molecule has 86 valence electrons. The summed E-state index contributed by atoms with van der Waals surface area (Å²) >= 11 is 0. The molecule has 0 unspecified atom stereocenters. The number of methoxy groups -OCH3 is 1. The van der Waals surface area contributed by atoms with Gasteiger partial charge in [-0.25, -0.2) is 18.0 Å². The molecule has 0 saturated carbocycles. The van der Waals surface area contributed by atoms with Gasteiger partial charge in [-0.2, -0.15) is 0 Å². The number of ether oxygens (including phenoxy) is 1. The van der Waals surface area contributed by atoms with Gasteiger partial charge < -0.3 is 4.74 Å². The Bertz CT molecular complexity index is 396. The van der Waals surface area contributed by atoms with E-state index in [1.165, 1.54) is 31.4 Å². The first-order valence-corrected chi connectivity index (χ1v) is 4.38. The Morgan fingerprint density at radius 2 is 1.88 bits per heavy atom. The van der Waals surface area contributed by atoms with E-state index in [9.17, 15) is 18.0 Å². The number of allylic oxidation sites excluding steroid dienone is 1. The molecular weight excluding hydrogens is 221 g/mol. The van der Waals surface area contributed by atoms with Crippen molar-refractivity contribution in [3.8, 4) is 0 Å². The highest BCUT2D eigenvalue weighted by atomic mass is 19.3. The maximum Gasteiger partial charge on any atom is 0.337 e. The third-order valence-corrected chi connectivity index (χ3v) is 1.84. The summed E-state index contributed by atoms with van der Waals surface area (Å²) in [7, 11) is 1.23. The smallest absolute Gasteiger partial charge is 0.337 e. The van der Waals surface area contributed by atoms with Crippen LogP contribution >= 0.6 is 0 Å². The van der Waals surface area contributed by atoms with Crippen LogP contribution < -0.4 is 0 Å². The van der Waals surface area contributed by atoms with E-state index in [2.05, 4.69) is 4.74 Å². The predicted molar refractivity (Wildman–Crippen MR) is 52.9 cm³/mol. The summed E-state index contributed by atoms with van der Waals surface area (Å²) in [5.74, 6) is -2.05. The van der Waals surface area contributed by atoms with E-state index in [1.54, 1.807) is 0 Å². The van der Waals surface area contributed by atoms with Gasteiger partial charge in [-0.1, -0.05) is 12.1 Å². The third-order valence-electron chi connectivity index (χ3n) is 1.84. The van der Waals surface area contributed by atoms with Crippen molar-refractivity contribution >= 4 is 12.0 Å². The highest BCUT2D eigenvalue weighted by molar-refractivity contribution is 5.89. The van der Waals surface area contributed by atoms with Crippen LogP contribution in [-0.4, -0.2) is 19.5 Å². The standard InChI is InChI=1S/C11H9F3O2/c1-16-11(15)8-4-2-7(3-5-8)6-9(12)10(13)14/h2-6,10H,1H3. The minimum Gasteiger partial charge on any atom is -0.465 e. The van der Waals surface area contributed by atoms with Gasteiger partial charge in [0.25, 0.3) is 6.43 Å². The molecule has 0 saturated heterocycles. The number of hydrogen-bond acceptors (Lipinski definition) is 2. The molecule has 0 aliphatic carbocycles. The first-order chi connectivity index (χ1) is 7.54. The van der Waals surface area contributed by atoms with E-state index in [0.717, 1.165) is 0 Å². The molecule has 0 amide bonds. The van der Waals surface area contributed by atoms with Crippen molar-refractivity contribution in [2.24, 2.45) is 0 Å². The fraction of sp³-hybridized carbons (Fsp3) is 0.182. The minimum absolute atomic E-state index is 0.255. The Labute approximate surface area is 90.3 Å². The zero-order valence-corrected chi connectivity index (χ0v) is 8.41. The first-order valence-electron chi connectivity index (χ1n) is 4.38. The lowest BCUT2D eigenvalue weighted by Crippen LogP contribution is -2.00. The fourth-order valence-corrected chi connectivity index (χ4v) is 1.06. The molecule has 1 rings (SSSR count). The van der Waals surface area contributed by atoms with Crippen LogP contribution in [0.1, 0.15) is 15.9 Å². The quantitative estimate of drug-likeness (QED) is 0.746. The summed E-state index contributed by atoms with van der Waals surface area (Å²) in [6, 6.07) is 5.45. The SMILES string of the molecule is COC(=O)c1ccc(C=C(F)C(F)F)cc1. The zero-order chi connectivity index (χ0) is 12.1. The molecule has 0 N–H and O–H groups in total. The van der Waals surface area contributed by atoms with E-state index in [0.29, 0.717) is 6.08 Å². The summed E-state index contributed by atoms with van der Waals surface area (Å²) in [6.45, 7) is 0. The van der Waals surface area contributed by atoms with Crippen molar-refractivity contribution in [3.63, 3.8) is 0 Å². The summed E-state index contributed by atoms with van der Waals surface area (Å²) in [5.41, 5.74) is 0.530. The predicted octanol–water partition coefficient (Wildman–Crippen LogP) is 3.05. The van der Waals surface area contributed by atoms with Gasteiger partial charge in [-0.3, -0.25) is 0 Å². The van der Waals surface area contributed by atoms with Crippen LogP contribution in [0, 0.1) is 0 Å². The second-order valence-electron chi connectivity index (χ2n) is 2.94. The molecule has 0 bridgehead atoms. The molecule has 1 aromatic rings. The second-order valence-corrected chi connectivity index (χ2v) is 2.94. The molecule has 0 aliphatic rings. The average molecular weight is 230 g/mol. The first kappa shape index (κ1) is 12.3. The van der Waals surface area contributed by atoms with Gasteiger partial charge in [0.05, 0.1) is 12.7 Å². The number of hydrogen-bond donors (Lipinski definition) is 0. The monoisotopic (exact) mass is 230 g/mol. The highest BCUT2D eigenvalue weighted by Crippen LogP contribution is 2.15. The van der Waals surface area contributed by atoms with Crippen molar-refractivity contribution in [1.29, 1.82) is 0 Å². The van der Waals surface area contributed by atoms with Crippen molar-refractivity contribution < 1.29 is 22.7 Å². The number of carbonyl (C=O) groups excluding carboxylic acids is 1. The van der Waals surface area contributed by atoms with Crippen LogP contribution in [0.15, 0.2) is 30.1 Å². The molecule has 0 aliphatic heterocycles. The van der Waals surface area contributed by atoms with Gasteiger partial charge in [0.2, 0.25) is 0 Å². The van der Waals surface area contributed by atoms with Crippen LogP contribution in [-0.2, 0) is 4.74 Å². The van der Waals surface area contributed by atoms with E-state index in [4.69, 9.17) is 0 Å². The Kier molecular flexibility index (Phi) is 4.10. The second kappa shape index (κ2) is 5.34. The maximum atomic E-state index is 12.6. The molecular formula is C11H9F3O2. The minimum atomic E-state index is -3.12. The Morgan fingerprint density at radius 1 is 1.31 bits per heavy atom. The van der Waals surface area contributed by atoms with Crippen LogP contribution in [0.2, 0.25) is 0 Å². The van der Waals surface area contributed by atoms with Crippen LogP contribution in [0.4, 0.5) is 13.2 Å². The number of benzene rings is 1. The van der Waals surface area contributed by atoms with Gasteiger partial charge in [-0.05, 0) is 23.8 Å². The van der Waals surface area contributed by atoms with Crippen molar-refractivity contribution in [2.45, 2.75) is 6.43 Å². The summed E-state index contributed by atoms with van der Waals surface area (Å²) in [6.07, 6.45) is -2.41. The number of alkyl halides is 2. The number of rotatable bonds is 3. The average Bonchev–Trinajstić information content (AvgIpc) is 2.28. The third kappa shape index (κ3) is 3.12. The van der Waals surface area contributed by atoms with Crippen molar-refractivity contribution in [3.05, 3.63) is 41.2 Å². The highest BCUT2D eigenvalue weighted by Gasteiger charge is 2.10. The van der Waals surface area contributed by atoms with Gasteiger partial charge >= 0.3 is 5.97 Å².